The molecular formula is C26H31FN2O3S. The Bertz CT molecular complexity index is 1310. The SMILES string of the molecule is CCCCn1cc(S(=O)(=O)c2ccccc2)c(=O)c2cc(F)c(N3CC(C)CC(C)C3)cc21. The van der Waals surface area contributed by atoms with Gasteiger partial charge in [0, 0.05) is 25.8 Å². The molecule has 0 bridgehead atoms. The molecule has 176 valence electrons. The highest BCUT2D eigenvalue weighted by Crippen LogP contribution is 2.31. The Balaban J connectivity index is 1.92. The van der Waals surface area contributed by atoms with Crippen LogP contribution in [0.2, 0.25) is 0 Å². The van der Waals surface area contributed by atoms with Crippen LogP contribution in [0.1, 0.15) is 40.0 Å². The van der Waals surface area contributed by atoms with Crippen LogP contribution in [0.4, 0.5) is 10.1 Å². The maximum Gasteiger partial charge on any atom is 0.211 e. The number of hydrogen-bond donors (Lipinski definition) is 0. The van der Waals surface area contributed by atoms with Gasteiger partial charge < -0.3 is 9.47 Å². The van der Waals surface area contributed by atoms with E-state index in [1.165, 1.54) is 24.4 Å². The summed E-state index contributed by atoms with van der Waals surface area (Å²) in [5.74, 6) is 0.409. The number of pyridine rings is 1. The van der Waals surface area contributed by atoms with Crippen molar-refractivity contribution >= 4 is 26.4 Å². The first kappa shape index (κ1) is 23.5. The van der Waals surface area contributed by atoms with Crippen LogP contribution in [-0.2, 0) is 16.4 Å². The van der Waals surface area contributed by atoms with Gasteiger partial charge in [0.15, 0.2) is 0 Å². The summed E-state index contributed by atoms with van der Waals surface area (Å²) in [6.45, 7) is 8.44. The molecule has 5 nitrogen and oxygen atoms in total. The van der Waals surface area contributed by atoms with Gasteiger partial charge in [0.1, 0.15) is 10.7 Å². The minimum Gasteiger partial charge on any atom is -0.369 e. The first-order valence-electron chi connectivity index (χ1n) is 11.6. The summed E-state index contributed by atoms with van der Waals surface area (Å²) < 4.78 is 43.7. The van der Waals surface area contributed by atoms with Gasteiger partial charge in [-0.3, -0.25) is 4.79 Å². The third kappa shape index (κ3) is 4.56. The minimum absolute atomic E-state index is 0.0527. The fourth-order valence-electron chi connectivity index (χ4n) is 4.91. The van der Waals surface area contributed by atoms with Crippen molar-refractivity contribution < 1.29 is 12.8 Å². The number of fused-ring (bicyclic) bond motifs is 1. The molecule has 1 aliphatic rings. The number of benzene rings is 2. The van der Waals surface area contributed by atoms with Gasteiger partial charge >= 0.3 is 0 Å². The van der Waals surface area contributed by atoms with Crippen molar-refractivity contribution in [3.05, 3.63) is 64.7 Å². The quantitative estimate of drug-likeness (QED) is 0.493. The molecule has 3 aromatic rings. The van der Waals surface area contributed by atoms with Gasteiger partial charge in [-0.1, -0.05) is 45.4 Å². The average molecular weight is 471 g/mol. The molecule has 0 saturated carbocycles. The van der Waals surface area contributed by atoms with Gasteiger partial charge in [-0.05, 0) is 48.9 Å². The Kier molecular flexibility index (Phi) is 6.61. The van der Waals surface area contributed by atoms with E-state index in [-0.39, 0.29) is 15.2 Å². The number of sulfone groups is 1. The Hall–Kier alpha value is -2.67. The van der Waals surface area contributed by atoms with Gasteiger partial charge in [0.25, 0.3) is 0 Å². The molecule has 0 amide bonds. The van der Waals surface area contributed by atoms with Gasteiger partial charge in [-0.15, -0.1) is 0 Å². The summed E-state index contributed by atoms with van der Waals surface area (Å²) in [5, 5.41) is 0.0995. The second-order valence-corrected chi connectivity index (χ2v) is 11.3. The van der Waals surface area contributed by atoms with E-state index >= 15 is 4.39 Å². The number of aromatic nitrogens is 1. The number of aryl methyl sites for hydroxylation is 1. The monoisotopic (exact) mass is 470 g/mol. The van der Waals surface area contributed by atoms with Crippen LogP contribution < -0.4 is 10.3 Å². The highest BCUT2D eigenvalue weighted by molar-refractivity contribution is 7.91. The first-order valence-corrected chi connectivity index (χ1v) is 13.1. The van der Waals surface area contributed by atoms with Crippen molar-refractivity contribution in [3.8, 4) is 0 Å². The molecule has 1 saturated heterocycles. The van der Waals surface area contributed by atoms with Gasteiger partial charge in [0.05, 0.1) is 21.5 Å². The molecular weight excluding hydrogens is 439 g/mol. The molecule has 1 aromatic heterocycles. The zero-order valence-corrected chi connectivity index (χ0v) is 20.2. The number of hydrogen-bond acceptors (Lipinski definition) is 4. The molecule has 0 spiro atoms. The number of piperidine rings is 1. The van der Waals surface area contributed by atoms with Crippen LogP contribution in [0.3, 0.4) is 0 Å². The van der Waals surface area contributed by atoms with Crippen molar-refractivity contribution in [1.82, 2.24) is 4.57 Å². The zero-order chi connectivity index (χ0) is 23.8. The molecule has 4 rings (SSSR count). The van der Waals surface area contributed by atoms with E-state index in [9.17, 15) is 13.2 Å². The van der Waals surface area contributed by atoms with Crippen molar-refractivity contribution in [2.75, 3.05) is 18.0 Å². The van der Waals surface area contributed by atoms with E-state index in [4.69, 9.17) is 0 Å². The Morgan fingerprint density at radius 3 is 2.36 bits per heavy atom. The van der Waals surface area contributed by atoms with E-state index in [0.29, 0.717) is 29.6 Å². The molecule has 2 unspecified atom stereocenters. The number of rotatable bonds is 6. The fourth-order valence-corrected chi connectivity index (χ4v) is 6.30. The van der Waals surface area contributed by atoms with E-state index in [2.05, 4.69) is 18.7 Å². The van der Waals surface area contributed by atoms with Gasteiger partial charge in [-0.25, -0.2) is 12.8 Å². The highest BCUT2D eigenvalue weighted by Gasteiger charge is 2.27. The highest BCUT2D eigenvalue weighted by atomic mass is 32.2. The Labute approximate surface area is 194 Å². The normalized spacial score (nSPS) is 19.2. The minimum atomic E-state index is -4.03. The smallest absolute Gasteiger partial charge is 0.211 e. The average Bonchev–Trinajstić information content (AvgIpc) is 2.78. The van der Waals surface area contributed by atoms with Crippen LogP contribution in [0, 0.1) is 17.7 Å². The zero-order valence-electron chi connectivity index (χ0n) is 19.4. The number of unbranched alkanes of at least 4 members (excludes halogenated alkanes) is 1. The molecule has 0 aliphatic carbocycles. The number of nitrogens with zero attached hydrogens (tertiary/aromatic N) is 2. The van der Waals surface area contributed by atoms with Crippen LogP contribution >= 0.6 is 0 Å². The summed E-state index contributed by atoms with van der Waals surface area (Å²) in [7, 11) is -4.03. The lowest BCUT2D eigenvalue weighted by molar-refractivity contribution is 0.354. The van der Waals surface area contributed by atoms with Crippen LogP contribution in [0.5, 0.6) is 0 Å². The summed E-state index contributed by atoms with van der Waals surface area (Å²) in [5.41, 5.74) is 0.388. The number of anilines is 1. The standard InChI is InChI=1S/C26H31FN2O3S/c1-4-5-11-28-17-25(33(31,32)20-9-7-6-8-10-20)26(30)21-13-22(27)24(14-23(21)28)29-15-18(2)12-19(3)16-29/h6-10,13-14,17-19H,4-5,11-12,15-16H2,1-3H3. The molecule has 1 fully saturated rings. The van der Waals surface area contributed by atoms with Crippen LogP contribution in [0.25, 0.3) is 10.9 Å². The predicted octanol–water partition coefficient (Wildman–Crippen LogP) is 5.26. The maximum absolute atomic E-state index is 15.3. The lowest BCUT2D eigenvalue weighted by atomic mass is 9.91. The van der Waals surface area contributed by atoms with E-state index in [1.54, 1.807) is 28.8 Å². The summed E-state index contributed by atoms with van der Waals surface area (Å²) in [4.78, 5) is 15.1. The second-order valence-electron chi connectivity index (χ2n) is 9.36. The third-order valence-electron chi connectivity index (χ3n) is 6.42. The van der Waals surface area contributed by atoms with Crippen molar-refractivity contribution in [2.45, 2.75) is 56.4 Å². The molecule has 7 heteroatoms. The van der Waals surface area contributed by atoms with Gasteiger partial charge in [0.2, 0.25) is 15.3 Å². The maximum atomic E-state index is 15.3. The van der Waals surface area contributed by atoms with E-state index < -0.39 is 21.1 Å². The lowest BCUT2D eigenvalue weighted by Crippen LogP contribution is -2.39. The van der Waals surface area contributed by atoms with Crippen molar-refractivity contribution in [2.24, 2.45) is 11.8 Å². The molecule has 1 aliphatic heterocycles. The first-order chi connectivity index (χ1) is 15.7. The van der Waals surface area contributed by atoms with Crippen LogP contribution in [-0.4, -0.2) is 26.1 Å². The molecule has 33 heavy (non-hydrogen) atoms. The lowest BCUT2D eigenvalue weighted by Gasteiger charge is -2.37. The third-order valence-corrected chi connectivity index (χ3v) is 8.18. The number of halogens is 1. The Morgan fingerprint density at radius 2 is 1.73 bits per heavy atom. The predicted molar refractivity (Wildman–Crippen MR) is 130 cm³/mol. The van der Waals surface area contributed by atoms with Gasteiger partial charge in [-0.2, -0.15) is 0 Å². The van der Waals surface area contributed by atoms with Crippen LogP contribution in [0.15, 0.2) is 63.2 Å². The fraction of sp³-hybridized carbons (Fsp3) is 0.423. The molecule has 0 N–H and O–H groups in total. The van der Waals surface area contributed by atoms with E-state index in [1.807, 2.05) is 6.92 Å². The van der Waals surface area contributed by atoms with Crippen molar-refractivity contribution in [3.63, 3.8) is 0 Å². The molecule has 0 radical (unpaired) electrons. The van der Waals surface area contributed by atoms with Crippen molar-refractivity contribution in [1.29, 1.82) is 0 Å². The summed E-state index contributed by atoms with van der Waals surface area (Å²) in [6, 6.07) is 10.9. The summed E-state index contributed by atoms with van der Waals surface area (Å²) >= 11 is 0. The molecule has 2 atom stereocenters. The second kappa shape index (κ2) is 9.29. The molecule has 2 heterocycles. The molecule has 2 aromatic carbocycles. The largest absolute Gasteiger partial charge is 0.369 e. The topological polar surface area (TPSA) is 59.4 Å². The summed E-state index contributed by atoms with van der Waals surface area (Å²) in [6.07, 6.45) is 4.26. The van der Waals surface area contributed by atoms with E-state index in [0.717, 1.165) is 32.4 Å². The Morgan fingerprint density at radius 1 is 1.06 bits per heavy atom.